The first-order chi connectivity index (χ1) is 9.18. The number of rotatable bonds is 4. The van der Waals surface area contributed by atoms with E-state index in [0.29, 0.717) is 11.5 Å². The molecule has 1 saturated heterocycles. The Hall–Kier alpha value is -1.49. The van der Waals surface area contributed by atoms with Crippen molar-refractivity contribution in [2.75, 3.05) is 19.6 Å². The first kappa shape index (κ1) is 13.9. The van der Waals surface area contributed by atoms with Crippen LogP contribution in [0.2, 0.25) is 0 Å². The van der Waals surface area contributed by atoms with Gasteiger partial charge in [0.05, 0.1) is 18.0 Å². The van der Waals surface area contributed by atoms with Crippen LogP contribution < -0.4 is 5.32 Å². The molecule has 0 saturated carbocycles. The van der Waals surface area contributed by atoms with Crippen LogP contribution in [0.15, 0.2) is 18.5 Å². The van der Waals surface area contributed by atoms with Crippen molar-refractivity contribution in [1.29, 1.82) is 0 Å². The third kappa shape index (κ3) is 3.73. The van der Waals surface area contributed by atoms with Crippen LogP contribution in [0.25, 0.3) is 0 Å². The van der Waals surface area contributed by atoms with Gasteiger partial charge in [-0.1, -0.05) is 0 Å². The van der Waals surface area contributed by atoms with Gasteiger partial charge in [-0.25, -0.2) is 0 Å². The van der Waals surface area contributed by atoms with Gasteiger partial charge in [0.1, 0.15) is 0 Å². The summed E-state index contributed by atoms with van der Waals surface area (Å²) in [5.41, 5.74) is 0.623. The lowest BCUT2D eigenvalue weighted by Crippen LogP contribution is -2.43. The lowest BCUT2D eigenvalue weighted by atomic mass is 9.96. The molecule has 0 unspecified atom stereocenters. The average Bonchev–Trinajstić information content (AvgIpc) is 2.46. The Kier molecular flexibility index (Phi) is 4.85. The molecule has 1 N–H and O–H groups in total. The van der Waals surface area contributed by atoms with Crippen LogP contribution in [0.1, 0.15) is 37.0 Å². The molecule has 1 aromatic heterocycles. The summed E-state index contributed by atoms with van der Waals surface area (Å²) in [7, 11) is 0. The van der Waals surface area contributed by atoms with Crippen LogP contribution in [0.3, 0.4) is 0 Å². The van der Waals surface area contributed by atoms with E-state index in [-0.39, 0.29) is 11.9 Å². The second-order valence-electron chi connectivity index (χ2n) is 5.38. The van der Waals surface area contributed by atoms with Gasteiger partial charge in [-0.2, -0.15) is 10.2 Å². The zero-order valence-electron chi connectivity index (χ0n) is 11.7. The van der Waals surface area contributed by atoms with Crippen molar-refractivity contribution in [2.24, 2.45) is 5.92 Å². The van der Waals surface area contributed by atoms with Crippen LogP contribution in [0, 0.1) is 5.92 Å². The predicted molar refractivity (Wildman–Crippen MR) is 73.8 cm³/mol. The molecule has 104 valence electrons. The third-order valence-corrected chi connectivity index (χ3v) is 3.63. The number of aromatic nitrogens is 2. The zero-order valence-corrected chi connectivity index (χ0v) is 11.7. The maximum atomic E-state index is 12.5. The van der Waals surface area contributed by atoms with E-state index in [1.165, 1.54) is 0 Å². The summed E-state index contributed by atoms with van der Waals surface area (Å²) in [6.45, 7) is 7.07. The van der Waals surface area contributed by atoms with E-state index >= 15 is 0 Å². The van der Waals surface area contributed by atoms with Crippen LogP contribution in [0.5, 0.6) is 0 Å². The van der Waals surface area contributed by atoms with Crippen LogP contribution in [-0.4, -0.2) is 46.7 Å². The molecular weight excluding hydrogens is 240 g/mol. The molecule has 0 bridgehead atoms. The number of hydrogen-bond acceptors (Lipinski definition) is 4. The number of amides is 1. The summed E-state index contributed by atoms with van der Waals surface area (Å²) in [6.07, 6.45) is 5.40. The van der Waals surface area contributed by atoms with Crippen molar-refractivity contribution in [3.05, 3.63) is 24.0 Å². The predicted octanol–water partition coefficient (Wildman–Crippen LogP) is 1.33. The second-order valence-corrected chi connectivity index (χ2v) is 5.38. The van der Waals surface area contributed by atoms with E-state index in [1.54, 1.807) is 18.5 Å². The van der Waals surface area contributed by atoms with Gasteiger partial charge < -0.3 is 10.2 Å². The summed E-state index contributed by atoms with van der Waals surface area (Å²) >= 11 is 0. The minimum Gasteiger partial charge on any atom is -0.336 e. The molecule has 0 aliphatic carbocycles. The summed E-state index contributed by atoms with van der Waals surface area (Å²) < 4.78 is 0. The Morgan fingerprint density at radius 2 is 2.16 bits per heavy atom. The number of hydrogen-bond donors (Lipinski definition) is 1. The first-order valence-corrected chi connectivity index (χ1v) is 6.97. The Labute approximate surface area is 114 Å². The van der Waals surface area contributed by atoms with Crippen LogP contribution in [-0.2, 0) is 0 Å². The Balaban J connectivity index is 2.05. The van der Waals surface area contributed by atoms with Crippen molar-refractivity contribution in [3.8, 4) is 0 Å². The quantitative estimate of drug-likeness (QED) is 0.889. The summed E-state index contributed by atoms with van der Waals surface area (Å²) in [5.74, 6) is 0.658. The molecular formula is C14H22N4O. The van der Waals surface area contributed by atoms with Gasteiger partial charge in [-0.15, -0.1) is 0 Å². The van der Waals surface area contributed by atoms with Gasteiger partial charge in [0.25, 0.3) is 5.91 Å². The molecule has 5 nitrogen and oxygen atoms in total. The van der Waals surface area contributed by atoms with Crippen LogP contribution in [0.4, 0.5) is 0 Å². The van der Waals surface area contributed by atoms with Gasteiger partial charge in [0.2, 0.25) is 0 Å². The number of nitrogens with one attached hydrogen (secondary N) is 1. The molecule has 1 aromatic rings. The van der Waals surface area contributed by atoms with Gasteiger partial charge >= 0.3 is 0 Å². The van der Waals surface area contributed by atoms with Gasteiger partial charge in [-0.3, -0.25) is 4.79 Å². The van der Waals surface area contributed by atoms with Crippen molar-refractivity contribution in [3.63, 3.8) is 0 Å². The van der Waals surface area contributed by atoms with E-state index in [9.17, 15) is 4.79 Å². The molecule has 0 radical (unpaired) electrons. The maximum Gasteiger partial charge on any atom is 0.255 e. The molecule has 1 amide bonds. The molecule has 1 aliphatic rings. The summed E-state index contributed by atoms with van der Waals surface area (Å²) in [6, 6.07) is 1.93. The largest absolute Gasteiger partial charge is 0.336 e. The highest BCUT2D eigenvalue weighted by Gasteiger charge is 2.23. The normalized spacial score (nSPS) is 16.6. The first-order valence-electron chi connectivity index (χ1n) is 6.97. The summed E-state index contributed by atoms with van der Waals surface area (Å²) in [5, 5.41) is 10.9. The van der Waals surface area contributed by atoms with E-state index in [0.717, 1.165) is 32.5 Å². The fraction of sp³-hybridized carbons (Fsp3) is 0.643. The topological polar surface area (TPSA) is 58.1 Å². The van der Waals surface area contributed by atoms with Crippen molar-refractivity contribution >= 4 is 5.91 Å². The number of nitrogens with zero attached hydrogens (tertiary/aromatic N) is 3. The van der Waals surface area contributed by atoms with E-state index in [2.05, 4.69) is 29.4 Å². The Morgan fingerprint density at radius 1 is 1.42 bits per heavy atom. The molecule has 0 spiro atoms. The number of piperidine rings is 1. The highest BCUT2D eigenvalue weighted by atomic mass is 16.2. The summed E-state index contributed by atoms with van der Waals surface area (Å²) in [4.78, 5) is 14.5. The average molecular weight is 262 g/mol. The van der Waals surface area contributed by atoms with Crippen molar-refractivity contribution in [1.82, 2.24) is 20.4 Å². The fourth-order valence-electron chi connectivity index (χ4n) is 2.45. The molecule has 1 fully saturated rings. The second kappa shape index (κ2) is 6.61. The Bertz CT molecular complexity index is 401. The molecule has 0 atom stereocenters. The number of carbonyl (C=O) groups excluding carboxylic acids is 1. The third-order valence-electron chi connectivity index (χ3n) is 3.63. The minimum absolute atomic E-state index is 0.0587. The van der Waals surface area contributed by atoms with E-state index in [1.807, 2.05) is 4.90 Å². The molecule has 2 heterocycles. The molecule has 19 heavy (non-hydrogen) atoms. The molecule has 0 aromatic carbocycles. The van der Waals surface area contributed by atoms with Gasteiger partial charge in [-0.05, 0) is 51.8 Å². The van der Waals surface area contributed by atoms with E-state index < -0.39 is 0 Å². The maximum absolute atomic E-state index is 12.5. The van der Waals surface area contributed by atoms with Gasteiger partial charge in [0.15, 0.2) is 0 Å². The highest BCUT2D eigenvalue weighted by molar-refractivity contribution is 5.94. The fourth-order valence-corrected chi connectivity index (χ4v) is 2.45. The molecule has 2 rings (SSSR count). The van der Waals surface area contributed by atoms with Crippen molar-refractivity contribution < 1.29 is 4.79 Å². The van der Waals surface area contributed by atoms with Crippen molar-refractivity contribution in [2.45, 2.75) is 32.7 Å². The minimum atomic E-state index is 0.0587. The molecule has 1 aliphatic heterocycles. The lowest BCUT2D eigenvalue weighted by Gasteiger charge is -2.32. The monoisotopic (exact) mass is 262 g/mol. The number of carbonyl (C=O) groups is 1. The SMILES string of the molecule is CC(C)N(CC1CCNCC1)C(=O)c1ccnnc1. The highest BCUT2D eigenvalue weighted by Crippen LogP contribution is 2.17. The molecule has 5 heteroatoms. The standard InChI is InChI=1S/C14H22N4O/c1-11(2)18(10-12-3-6-15-7-4-12)14(19)13-5-8-16-17-9-13/h5,8-9,11-12,15H,3-4,6-7,10H2,1-2H3. The van der Waals surface area contributed by atoms with E-state index in [4.69, 9.17) is 0 Å². The van der Waals surface area contributed by atoms with Gasteiger partial charge in [0, 0.05) is 12.6 Å². The Morgan fingerprint density at radius 3 is 2.74 bits per heavy atom. The van der Waals surface area contributed by atoms with Crippen LogP contribution >= 0.6 is 0 Å². The zero-order chi connectivity index (χ0) is 13.7. The lowest BCUT2D eigenvalue weighted by molar-refractivity contribution is 0.0657. The smallest absolute Gasteiger partial charge is 0.255 e.